The zero-order chi connectivity index (χ0) is 16.0. The summed E-state index contributed by atoms with van der Waals surface area (Å²) in [6.07, 6.45) is 0.649. The van der Waals surface area contributed by atoms with Crippen molar-refractivity contribution in [2.75, 3.05) is 0 Å². The topological polar surface area (TPSA) is 83.5 Å². The first-order valence-corrected chi connectivity index (χ1v) is 7.07. The molecule has 2 N–H and O–H groups in total. The quantitative estimate of drug-likeness (QED) is 0.853. The van der Waals surface area contributed by atoms with Crippen molar-refractivity contribution in [1.82, 2.24) is 5.32 Å². The lowest BCUT2D eigenvalue weighted by Gasteiger charge is -2.12. The number of amides is 2. The SMILES string of the molecule is CC(C)Cc1cc2cc(C(=O)O)ccc2c2c1C(=O)NC2=O. The minimum atomic E-state index is -1.02. The molecule has 0 radical (unpaired) electrons. The zero-order valence-corrected chi connectivity index (χ0v) is 12.3. The van der Waals surface area contributed by atoms with Gasteiger partial charge in [-0.2, -0.15) is 0 Å². The summed E-state index contributed by atoms with van der Waals surface area (Å²) in [5, 5.41) is 12.7. The van der Waals surface area contributed by atoms with E-state index in [4.69, 9.17) is 5.11 Å². The molecule has 0 saturated heterocycles. The van der Waals surface area contributed by atoms with Gasteiger partial charge in [-0.05, 0) is 40.8 Å². The van der Waals surface area contributed by atoms with Crippen molar-refractivity contribution in [3.05, 3.63) is 46.5 Å². The molecule has 0 unspecified atom stereocenters. The Morgan fingerprint density at radius 2 is 1.82 bits per heavy atom. The van der Waals surface area contributed by atoms with Gasteiger partial charge < -0.3 is 5.11 Å². The largest absolute Gasteiger partial charge is 0.478 e. The summed E-state index contributed by atoms with van der Waals surface area (Å²) in [6.45, 7) is 4.05. The predicted octanol–water partition coefficient (Wildman–Crippen LogP) is 2.62. The van der Waals surface area contributed by atoms with E-state index in [0.717, 1.165) is 5.56 Å². The number of nitrogens with one attached hydrogen (secondary N) is 1. The maximum absolute atomic E-state index is 12.1. The number of hydrogen-bond donors (Lipinski definition) is 2. The third-order valence-electron chi connectivity index (χ3n) is 3.78. The smallest absolute Gasteiger partial charge is 0.335 e. The van der Waals surface area contributed by atoms with E-state index in [-0.39, 0.29) is 11.5 Å². The second-order valence-electron chi connectivity index (χ2n) is 5.91. The lowest BCUT2D eigenvalue weighted by Crippen LogP contribution is -2.20. The molecular weight excluding hydrogens is 282 g/mol. The van der Waals surface area contributed by atoms with Gasteiger partial charge in [0.1, 0.15) is 0 Å². The Morgan fingerprint density at radius 3 is 2.45 bits per heavy atom. The van der Waals surface area contributed by atoms with E-state index in [1.54, 1.807) is 6.07 Å². The van der Waals surface area contributed by atoms with Gasteiger partial charge in [0, 0.05) is 0 Å². The highest BCUT2D eigenvalue weighted by atomic mass is 16.4. The predicted molar refractivity (Wildman–Crippen MR) is 81.2 cm³/mol. The van der Waals surface area contributed by atoms with E-state index >= 15 is 0 Å². The molecule has 0 bridgehead atoms. The fraction of sp³-hybridized carbons (Fsp3) is 0.235. The molecule has 5 heteroatoms. The third-order valence-corrected chi connectivity index (χ3v) is 3.78. The number of carboxylic acids is 1. The summed E-state index contributed by atoms with van der Waals surface area (Å²) in [6, 6.07) is 6.40. The van der Waals surface area contributed by atoms with E-state index in [0.29, 0.717) is 34.2 Å². The average molecular weight is 297 g/mol. The van der Waals surface area contributed by atoms with Crippen molar-refractivity contribution >= 4 is 28.6 Å². The molecule has 2 amide bonds. The van der Waals surface area contributed by atoms with E-state index in [1.807, 2.05) is 19.9 Å². The van der Waals surface area contributed by atoms with Crippen LogP contribution in [0.3, 0.4) is 0 Å². The number of carboxylic acid groups (broad SMARTS) is 1. The van der Waals surface area contributed by atoms with Crippen LogP contribution in [0.4, 0.5) is 0 Å². The highest BCUT2D eigenvalue weighted by Gasteiger charge is 2.31. The molecule has 0 spiro atoms. The molecule has 3 rings (SSSR count). The monoisotopic (exact) mass is 297 g/mol. The maximum atomic E-state index is 12.1. The maximum Gasteiger partial charge on any atom is 0.335 e. The van der Waals surface area contributed by atoms with Crippen molar-refractivity contribution in [2.24, 2.45) is 5.92 Å². The Morgan fingerprint density at radius 1 is 1.14 bits per heavy atom. The molecule has 0 atom stereocenters. The molecule has 5 nitrogen and oxygen atoms in total. The number of hydrogen-bond acceptors (Lipinski definition) is 3. The Kier molecular flexibility index (Phi) is 3.20. The summed E-state index contributed by atoms with van der Waals surface area (Å²) in [7, 11) is 0. The van der Waals surface area contributed by atoms with Crippen LogP contribution in [-0.4, -0.2) is 22.9 Å². The van der Waals surface area contributed by atoms with Gasteiger partial charge in [-0.1, -0.05) is 26.0 Å². The molecule has 1 heterocycles. The second kappa shape index (κ2) is 4.94. The van der Waals surface area contributed by atoms with E-state index in [9.17, 15) is 14.4 Å². The second-order valence-corrected chi connectivity index (χ2v) is 5.91. The van der Waals surface area contributed by atoms with E-state index in [2.05, 4.69) is 5.32 Å². The van der Waals surface area contributed by atoms with Crippen LogP contribution in [0.25, 0.3) is 10.8 Å². The first-order chi connectivity index (χ1) is 10.4. The van der Waals surface area contributed by atoms with Crippen LogP contribution in [0.5, 0.6) is 0 Å². The van der Waals surface area contributed by atoms with Crippen molar-refractivity contribution in [2.45, 2.75) is 20.3 Å². The van der Waals surface area contributed by atoms with Crippen LogP contribution < -0.4 is 5.32 Å². The van der Waals surface area contributed by atoms with Gasteiger partial charge in [0.25, 0.3) is 11.8 Å². The lowest BCUT2D eigenvalue weighted by atomic mass is 9.90. The number of carbonyl (C=O) groups excluding carboxylic acids is 2. The van der Waals surface area contributed by atoms with Crippen LogP contribution in [0.2, 0.25) is 0 Å². The molecule has 0 fully saturated rings. The molecule has 1 aliphatic rings. The van der Waals surface area contributed by atoms with Crippen LogP contribution in [-0.2, 0) is 6.42 Å². The van der Waals surface area contributed by atoms with Crippen molar-refractivity contribution in [3.8, 4) is 0 Å². The number of aromatic carboxylic acids is 1. The molecule has 1 aliphatic heterocycles. The molecule has 2 aromatic rings. The Bertz CT molecular complexity index is 836. The average Bonchev–Trinajstić information content (AvgIpc) is 2.73. The lowest BCUT2D eigenvalue weighted by molar-refractivity contribution is 0.0696. The summed E-state index contributed by atoms with van der Waals surface area (Å²) >= 11 is 0. The normalized spacial score (nSPS) is 13.6. The summed E-state index contributed by atoms with van der Waals surface area (Å²) in [5.74, 6) is -1.50. The van der Waals surface area contributed by atoms with Gasteiger partial charge in [-0.3, -0.25) is 14.9 Å². The minimum Gasteiger partial charge on any atom is -0.478 e. The number of imide groups is 1. The molecule has 22 heavy (non-hydrogen) atoms. The molecule has 0 aliphatic carbocycles. The fourth-order valence-electron chi connectivity index (χ4n) is 2.92. The van der Waals surface area contributed by atoms with Crippen LogP contribution >= 0.6 is 0 Å². The summed E-state index contributed by atoms with van der Waals surface area (Å²) < 4.78 is 0. The van der Waals surface area contributed by atoms with Gasteiger partial charge in [-0.15, -0.1) is 0 Å². The van der Waals surface area contributed by atoms with Gasteiger partial charge in [0.05, 0.1) is 16.7 Å². The number of benzene rings is 2. The van der Waals surface area contributed by atoms with Gasteiger partial charge in [0.2, 0.25) is 0 Å². The first kappa shape index (κ1) is 14.3. The van der Waals surface area contributed by atoms with E-state index < -0.39 is 11.9 Å². The first-order valence-electron chi connectivity index (χ1n) is 7.07. The van der Waals surface area contributed by atoms with Crippen molar-refractivity contribution in [3.63, 3.8) is 0 Å². The Hall–Kier alpha value is -2.69. The molecule has 0 saturated carbocycles. The number of rotatable bonds is 3. The van der Waals surface area contributed by atoms with Crippen molar-refractivity contribution in [1.29, 1.82) is 0 Å². The highest BCUT2D eigenvalue weighted by Crippen LogP contribution is 2.31. The summed E-state index contributed by atoms with van der Waals surface area (Å²) in [4.78, 5) is 35.3. The minimum absolute atomic E-state index is 0.160. The van der Waals surface area contributed by atoms with Gasteiger partial charge >= 0.3 is 5.97 Å². The van der Waals surface area contributed by atoms with Crippen molar-refractivity contribution < 1.29 is 19.5 Å². The Balaban J connectivity index is 2.35. The van der Waals surface area contributed by atoms with Crippen LogP contribution in [0.15, 0.2) is 24.3 Å². The fourth-order valence-corrected chi connectivity index (χ4v) is 2.92. The molecular formula is C17H15NO4. The highest BCUT2D eigenvalue weighted by molar-refractivity contribution is 6.27. The van der Waals surface area contributed by atoms with Gasteiger partial charge in [-0.25, -0.2) is 4.79 Å². The molecule has 2 aromatic carbocycles. The summed E-state index contributed by atoms with van der Waals surface area (Å²) in [5.41, 5.74) is 1.72. The standard InChI is InChI=1S/C17H15NO4/c1-8(2)5-11-7-10-6-9(17(21)22)3-4-12(10)14-13(11)15(19)18-16(14)20/h3-4,6-8H,5H2,1-2H3,(H,21,22)(H,18,19,20). The van der Waals surface area contributed by atoms with Gasteiger partial charge in [0.15, 0.2) is 0 Å². The van der Waals surface area contributed by atoms with Crippen LogP contribution in [0.1, 0.15) is 50.5 Å². The molecule has 112 valence electrons. The van der Waals surface area contributed by atoms with E-state index in [1.165, 1.54) is 12.1 Å². The van der Waals surface area contributed by atoms with Crippen LogP contribution in [0, 0.1) is 5.92 Å². The molecule has 0 aromatic heterocycles. The number of fused-ring (bicyclic) bond motifs is 3. The zero-order valence-electron chi connectivity index (χ0n) is 12.3. The third kappa shape index (κ3) is 2.15. The Labute approximate surface area is 126 Å². The number of carbonyl (C=O) groups is 3.